The molecule has 0 saturated carbocycles. The molecule has 0 spiro atoms. The second kappa shape index (κ2) is 3.56. The second-order valence-corrected chi connectivity index (χ2v) is 4.36. The Kier molecular flexibility index (Phi) is 2.17. The van der Waals surface area contributed by atoms with E-state index in [2.05, 4.69) is 17.2 Å². The Morgan fingerprint density at radius 1 is 1.50 bits per heavy atom. The molecule has 0 bridgehead atoms. The third kappa shape index (κ3) is 1.50. The van der Waals surface area contributed by atoms with Crippen LogP contribution in [-0.4, -0.2) is 11.5 Å². The largest absolute Gasteiger partial charge is 0.439 e. The van der Waals surface area contributed by atoms with Gasteiger partial charge < -0.3 is 9.73 Å². The van der Waals surface area contributed by atoms with Crippen LogP contribution in [0.1, 0.15) is 25.3 Å². The van der Waals surface area contributed by atoms with Gasteiger partial charge in [-0.3, -0.25) is 0 Å². The minimum atomic E-state index is -0.278. The van der Waals surface area contributed by atoms with Gasteiger partial charge in [0.2, 0.25) is 5.89 Å². The van der Waals surface area contributed by atoms with Crippen molar-refractivity contribution in [3.8, 4) is 0 Å². The van der Waals surface area contributed by atoms with Gasteiger partial charge in [-0.15, -0.1) is 0 Å². The van der Waals surface area contributed by atoms with Gasteiger partial charge in [-0.25, -0.2) is 9.37 Å². The summed E-state index contributed by atoms with van der Waals surface area (Å²) < 4.78 is 18.6. The Bertz CT molecular complexity index is 523. The normalized spacial score (nSPS) is 25.4. The van der Waals surface area contributed by atoms with Crippen LogP contribution in [0.15, 0.2) is 22.6 Å². The lowest BCUT2D eigenvalue weighted by molar-refractivity contribution is 0.394. The highest BCUT2D eigenvalue weighted by Gasteiger charge is 2.28. The molecule has 1 fully saturated rings. The van der Waals surface area contributed by atoms with Crippen molar-refractivity contribution in [2.24, 2.45) is 5.92 Å². The maximum absolute atomic E-state index is 13.0. The fourth-order valence-corrected chi connectivity index (χ4v) is 2.22. The molecule has 2 unspecified atom stereocenters. The zero-order valence-corrected chi connectivity index (χ0v) is 9.03. The summed E-state index contributed by atoms with van der Waals surface area (Å²) in [5.41, 5.74) is 1.24. The summed E-state index contributed by atoms with van der Waals surface area (Å²) in [4.78, 5) is 4.34. The lowest BCUT2D eigenvalue weighted by atomic mass is 10.0. The summed E-state index contributed by atoms with van der Waals surface area (Å²) in [6, 6.07) is 4.58. The van der Waals surface area contributed by atoms with Crippen molar-refractivity contribution in [1.82, 2.24) is 10.3 Å². The smallest absolute Gasteiger partial charge is 0.212 e. The average molecular weight is 220 g/mol. The van der Waals surface area contributed by atoms with Crippen molar-refractivity contribution in [1.29, 1.82) is 0 Å². The second-order valence-electron chi connectivity index (χ2n) is 4.36. The van der Waals surface area contributed by atoms with Crippen LogP contribution in [0.4, 0.5) is 4.39 Å². The van der Waals surface area contributed by atoms with E-state index in [1.54, 1.807) is 6.07 Å². The summed E-state index contributed by atoms with van der Waals surface area (Å²) in [5, 5.41) is 3.35. The Morgan fingerprint density at radius 3 is 3.12 bits per heavy atom. The van der Waals surface area contributed by atoms with E-state index in [0.29, 0.717) is 22.9 Å². The van der Waals surface area contributed by atoms with E-state index in [-0.39, 0.29) is 11.9 Å². The molecule has 1 aliphatic heterocycles. The van der Waals surface area contributed by atoms with Crippen LogP contribution in [0.2, 0.25) is 0 Å². The van der Waals surface area contributed by atoms with Crippen LogP contribution in [0, 0.1) is 11.7 Å². The molecule has 0 radical (unpaired) electrons. The zero-order valence-electron chi connectivity index (χ0n) is 9.03. The highest BCUT2D eigenvalue weighted by Crippen LogP contribution is 2.30. The van der Waals surface area contributed by atoms with E-state index in [4.69, 9.17) is 4.42 Å². The Balaban J connectivity index is 2.04. The molecule has 84 valence electrons. The fourth-order valence-electron chi connectivity index (χ4n) is 2.22. The number of fused-ring (bicyclic) bond motifs is 1. The molecule has 4 heteroatoms. The van der Waals surface area contributed by atoms with Gasteiger partial charge >= 0.3 is 0 Å². The van der Waals surface area contributed by atoms with Crippen molar-refractivity contribution < 1.29 is 8.81 Å². The van der Waals surface area contributed by atoms with Crippen LogP contribution in [0.5, 0.6) is 0 Å². The third-order valence-electron chi connectivity index (χ3n) is 3.17. The molecule has 0 aliphatic carbocycles. The van der Waals surface area contributed by atoms with E-state index >= 15 is 0 Å². The number of nitrogens with zero attached hydrogens (tertiary/aromatic N) is 1. The molecule has 1 aromatic heterocycles. The van der Waals surface area contributed by atoms with E-state index < -0.39 is 0 Å². The highest BCUT2D eigenvalue weighted by atomic mass is 19.1. The quantitative estimate of drug-likeness (QED) is 0.802. The van der Waals surface area contributed by atoms with E-state index in [1.807, 2.05) is 0 Å². The standard InChI is InChI=1S/C12H13FN2O/c1-7-4-5-14-11(7)12-15-9-6-8(13)2-3-10(9)16-12/h2-3,6-7,11,14H,4-5H2,1H3. The molecule has 1 N–H and O–H groups in total. The molecular formula is C12H13FN2O. The monoisotopic (exact) mass is 220 g/mol. The molecule has 1 aromatic carbocycles. The average Bonchev–Trinajstić information content (AvgIpc) is 2.82. The molecule has 3 rings (SSSR count). The Morgan fingerprint density at radius 2 is 2.38 bits per heavy atom. The van der Waals surface area contributed by atoms with Crippen molar-refractivity contribution in [3.63, 3.8) is 0 Å². The number of benzene rings is 1. The number of nitrogens with one attached hydrogen (secondary N) is 1. The van der Waals surface area contributed by atoms with E-state index in [0.717, 1.165) is 13.0 Å². The molecule has 0 amide bonds. The van der Waals surface area contributed by atoms with Crippen LogP contribution in [0.3, 0.4) is 0 Å². The SMILES string of the molecule is CC1CCNC1c1nc2cc(F)ccc2o1. The van der Waals surface area contributed by atoms with Crippen LogP contribution < -0.4 is 5.32 Å². The first kappa shape index (κ1) is 9.78. The Labute approximate surface area is 92.7 Å². The number of halogens is 1. The third-order valence-corrected chi connectivity index (χ3v) is 3.17. The first-order valence-electron chi connectivity index (χ1n) is 5.53. The van der Waals surface area contributed by atoms with Crippen LogP contribution in [0.25, 0.3) is 11.1 Å². The minimum Gasteiger partial charge on any atom is -0.439 e. The van der Waals surface area contributed by atoms with Gasteiger partial charge in [0, 0.05) is 6.07 Å². The molecule has 16 heavy (non-hydrogen) atoms. The minimum absolute atomic E-state index is 0.162. The zero-order chi connectivity index (χ0) is 11.1. The van der Waals surface area contributed by atoms with Gasteiger partial charge in [0.25, 0.3) is 0 Å². The summed E-state index contributed by atoms with van der Waals surface area (Å²) in [6.45, 7) is 3.15. The number of rotatable bonds is 1. The number of hydrogen-bond donors (Lipinski definition) is 1. The van der Waals surface area contributed by atoms with Crippen molar-refractivity contribution >= 4 is 11.1 Å². The number of oxazole rings is 1. The summed E-state index contributed by atoms with van der Waals surface area (Å²) >= 11 is 0. The lowest BCUT2D eigenvalue weighted by Crippen LogP contribution is -2.16. The molecule has 2 heterocycles. The fraction of sp³-hybridized carbons (Fsp3) is 0.417. The van der Waals surface area contributed by atoms with Gasteiger partial charge in [-0.05, 0) is 31.0 Å². The van der Waals surface area contributed by atoms with Crippen molar-refractivity contribution in [3.05, 3.63) is 29.9 Å². The highest BCUT2D eigenvalue weighted by molar-refractivity contribution is 5.72. The summed E-state index contributed by atoms with van der Waals surface area (Å²) in [7, 11) is 0. The van der Waals surface area contributed by atoms with Crippen LogP contribution >= 0.6 is 0 Å². The molecule has 1 aliphatic rings. The molecular weight excluding hydrogens is 207 g/mol. The predicted octanol–water partition coefficient (Wildman–Crippen LogP) is 2.64. The number of hydrogen-bond acceptors (Lipinski definition) is 3. The maximum atomic E-state index is 13.0. The van der Waals surface area contributed by atoms with Crippen LogP contribution in [-0.2, 0) is 0 Å². The predicted molar refractivity (Wildman–Crippen MR) is 58.5 cm³/mol. The van der Waals surface area contributed by atoms with Gasteiger partial charge in [0.05, 0.1) is 6.04 Å². The molecule has 1 saturated heterocycles. The van der Waals surface area contributed by atoms with E-state index in [1.165, 1.54) is 12.1 Å². The first-order valence-corrected chi connectivity index (χ1v) is 5.53. The van der Waals surface area contributed by atoms with Gasteiger partial charge in [-0.2, -0.15) is 0 Å². The number of aromatic nitrogens is 1. The van der Waals surface area contributed by atoms with Crippen molar-refractivity contribution in [2.75, 3.05) is 6.54 Å². The van der Waals surface area contributed by atoms with Gasteiger partial charge in [0.15, 0.2) is 5.58 Å². The Hall–Kier alpha value is -1.42. The topological polar surface area (TPSA) is 38.1 Å². The summed E-state index contributed by atoms with van der Waals surface area (Å²) in [5.74, 6) is 0.906. The van der Waals surface area contributed by atoms with Gasteiger partial charge in [0.1, 0.15) is 11.3 Å². The van der Waals surface area contributed by atoms with Gasteiger partial charge in [-0.1, -0.05) is 6.92 Å². The first-order chi connectivity index (χ1) is 7.74. The van der Waals surface area contributed by atoms with Crippen molar-refractivity contribution in [2.45, 2.75) is 19.4 Å². The lowest BCUT2D eigenvalue weighted by Gasteiger charge is -2.10. The maximum Gasteiger partial charge on any atom is 0.212 e. The molecule has 3 nitrogen and oxygen atoms in total. The van der Waals surface area contributed by atoms with E-state index in [9.17, 15) is 4.39 Å². The molecule has 2 atom stereocenters. The summed E-state index contributed by atoms with van der Waals surface area (Å²) in [6.07, 6.45) is 1.12. The molecule has 2 aromatic rings.